The SMILES string of the molecule is CC(C)n1nccc1C(=O)c1ccc(F)c(F)c1. The maximum Gasteiger partial charge on any atom is 0.211 e. The summed E-state index contributed by atoms with van der Waals surface area (Å²) in [6.45, 7) is 3.77. The van der Waals surface area contributed by atoms with Gasteiger partial charge in [0.25, 0.3) is 0 Å². The first-order chi connectivity index (χ1) is 8.50. The Labute approximate surface area is 103 Å². The second kappa shape index (κ2) is 4.68. The van der Waals surface area contributed by atoms with Crippen molar-refractivity contribution in [3.63, 3.8) is 0 Å². The lowest BCUT2D eigenvalue weighted by Crippen LogP contribution is -2.13. The molecule has 2 rings (SSSR count). The molecule has 0 atom stereocenters. The fourth-order valence-electron chi connectivity index (χ4n) is 1.69. The molecule has 1 aromatic carbocycles. The molecule has 1 aromatic heterocycles. The Morgan fingerprint density at radius 2 is 1.94 bits per heavy atom. The predicted molar refractivity (Wildman–Crippen MR) is 62.4 cm³/mol. The summed E-state index contributed by atoms with van der Waals surface area (Å²) < 4.78 is 27.4. The second-order valence-electron chi connectivity index (χ2n) is 4.21. The third-order valence-corrected chi connectivity index (χ3v) is 2.57. The Morgan fingerprint density at radius 3 is 2.56 bits per heavy atom. The Balaban J connectivity index is 2.42. The van der Waals surface area contributed by atoms with Crippen LogP contribution in [0.1, 0.15) is 35.9 Å². The molecule has 1 heterocycles. The van der Waals surface area contributed by atoms with Crippen molar-refractivity contribution < 1.29 is 13.6 Å². The van der Waals surface area contributed by atoms with Gasteiger partial charge in [-0.2, -0.15) is 5.10 Å². The number of nitrogens with zero attached hydrogens (tertiary/aromatic N) is 2. The van der Waals surface area contributed by atoms with Crippen molar-refractivity contribution >= 4 is 5.78 Å². The van der Waals surface area contributed by atoms with Gasteiger partial charge in [0.1, 0.15) is 5.69 Å². The van der Waals surface area contributed by atoms with E-state index in [-0.39, 0.29) is 17.4 Å². The van der Waals surface area contributed by atoms with Gasteiger partial charge in [-0.15, -0.1) is 0 Å². The summed E-state index contributed by atoms with van der Waals surface area (Å²) in [5.41, 5.74) is 0.465. The van der Waals surface area contributed by atoms with E-state index in [2.05, 4.69) is 5.10 Å². The second-order valence-corrected chi connectivity index (χ2v) is 4.21. The van der Waals surface area contributed by atoms with Crippen LogP contribution in [0, 0.1) is 11.6 Å². The number of ketones is 1. The van der Waals surface area contributed by atoms with Crippen LogP contribution in [0.15, 0.2) is 30.5 Å². The maximum absolute atomic E-state index is 13.1. The summed E-state index contributed by atoms with van der Waals surface area (Å²) in [7, 11) is 0. The number of carbonyl (C=O) groups is 1. The van der Waals surface area contributed by atoms with E-state index in [4.69, 9.17) is 0 Å². The highest BCUT2D eigenvalue weighted by Gasteiger charge is 2.17. The molecule has 0 saturated heterocycles. The number of hydrogen-bond donors (Lipinski definition) is 0. The summed E-state index contributed by atoms with van der Waals surface area (Å²) in [5, 5.41) is 4.03. The third-order valence-electron chi connectivity index (χ3n) is 2.57. The average Bonchev–Trinajstić information content (AvgIpc) is 2.81. The van der Waals surface area contributed by atoms with Crippen molar-refractivity contribution in [2.75, 3.05) is 0 Å². The molecule has 18 heavy (non-hydrogen) atoms. The van der Waals surface area contributed by atoms with Crippen LogP contribution < -0.4 is 0 Å². The van der Waals surface area contributed by atoms with E-state index in [0.29, 0.717) is 5.69 Å². The molecule has 0 fully saturated rings. The van der Waals surface area contributed by atoms with E-state index in [0.717, 1.165) is 12.1 Å². The number of rotatable bonds is 3. The summed E-state index contributed by atoms with van der Waals surface area (Å²) in [4.78, 5) is 12.1. The molecular weight excluding hydrogens is 238 g/mol. The van der Waals surface area contributed by atoms with Crippen molar-refractivity contribution in [1.29, 1.82) is 0 Å². The monoisotopic (exact) mass is 250 g/mol. The summed E-state index contributed by atoms with van der Waals surface area (Å²) in [6.07, 6.45) is 1.51. The first kappa shape index (κ1) is 12.4. The van der Waals surface area contributed by atoms with Crippen LogP contribution in [0.3, 0.4) is 0 Å². The molecule has 5 heteroatoms. The normalized spacial score (nSPS) is 10.9. The van der Waals surface area contributed by atoms with Crippen LogP contribution in [-0.4, -0.2) is 15.6 Å². The van der Waals surface area contributed by atoms with Gasteiger partial charge in [-0.1, -0.05) is 0 Å². The molecule has 0 spiro atoms. The lowest BCUT2D eigenvalue weighted by molar-refractivity contribution is 0.102. The zero-order valence-electron chi connectivity index (χ0n) is 10.0. The average molecular weight is 250 g/mol. The predicted octanol–water partition coefficient (Wildman–Crippen LogP) is 2.97. The highest BCUT2D eigenvalue weighted by Crippen LogP contribution is 2.15. The molecule has 0 aliphatic heterocycles. The lowest BCUT2D eigenvalue weighted by atomic mass is 10.1. The Morgan fingerprint density at radius 1 is 1.22 bits per heavy atom. The summed E-state index contributed by atoms with van der Waals surface area (Å²) in [5.74, 6) is -2.37. The van der Waals surface area contributed by atoms with Crippen LogP contribution >= 0.6 is 0 Å². The van der Waals surface area contributed by atoms with E-state index in [1.54, 1.807) is 10.7 Å². The molecule has 0 bridgehead atoms. The molecule has 2 aromatic rings. The van der Waals surface area contributed by atoms with Crippen LogP contribution in [-0.2, 0) is 0 Å². The molecule has 0 aliphatic rings. The topological polar surface area (TPSA) is 34.9 Å². The van der Waals surface area contributed by atoms with Gasteiger partial charge < -0.3 is 0 Å². The molecular formula is C13H12F2N2O. The van der Waals surface area contributed by atoms with Crippen molar-refractivity contribution in [2.24, 2.45) is 0 Å². The highest BCUT2D eigenvalue weighted by molar-refractivity contribution is 6.07. The molecule has 0 N–H and O–H groups in total. The van der Waals surface area contributed by atoms with Gasteiger partial charge in [0.2, 0.25) is 5.78 Å². The van der Waals surface area contributed by atoms with Crippen LogP contribution in [0.25, 0.3) is 0 Å². The summed E-state index contributed by atoms with van der Waals surface area (Å²) in [6, 6.07) is 4.68. The zero-order valence-corrected chi connectivity index (χ0v) is 10.0. The van der Waals surface area contributed by atoms with Gasteiger partial charge in [0.15, 0.2) is 11.6 Å². The standard InChI is InChI=1S/C13H12F2N2O/c1-8(2)17-12(5-6-16-17)13(18)9-3-4-10(14)11(15)7-9/h3-8H,1-2H3. The molecule has 94 valence electrons. The van der Waals surface area contributed by atoms with Crippen molar-refractivity contribution in [2.45, 2.75) is 19.9 Å². The van der Waals surface area contributed by atoms with E-state index in [1.165, 1.54) is 12.3 Å². The maximum atomic E-state index is 13.1. The first-order valence-electron chi connectivity index (χ1n) is 5.54. The first-order valence-corrected chi connectivity index (χ1v) is 5.54. The van der Waals surface area contributed by atoms with E-state index in [9.17, 15) is 13.6 Å². The van der Waals surface area contributed by atoms with Gasteiger partial charge in [0, 0.05) is 17.8 Å². The zero-order chi connectivity index (χ0) is 13.3. The fourth-order valence-corrected chi connectivity index (χ4v) is 1.69. The largest absolute Gasteiger partial charge is 0.287 e. The molecule has 0 aliphatic carbocycles. The van der Waals surface area contributed by atoms with Crippen LogP contribution in [0.2, 0.25) is 0 Å². The molecule has 0 saturated carbocycles. The smallest absolute Gasteiger partial charge is 0.211 e. The number of halogens is 2. The Hall–Kier alpha value is -2.04. The van der Waals surface area contributed by atoms with E-state index in [1.807, 2.05) is 13.8 Å². The summed E-state index contributed by atoms with van der Waals surface area (Å²) >= 11 is 0. The van der Waals surface area contributed by atoms with Gasteiger partial charge in [-0.25, -0.2) is 8.78 Å². The number of hydrogen-bond acceptors (Lipinski definition) is 2. The van der Waals surface area contributed by atoms with Crippen molar-refractivity contribution in [3.8, 4) is 0 Å². The van der Waals surface area contributed by atoms with Crippen LogP contribution in [0.4, 0.5) is 8.78 Å². The lowest BCUT2D eigenvalue weighted by Gasteiger charge is -2.10. The number of benzene rings is 1. The minimum atomic E-state index is -1.03. The van der Waals surface area contributed by atoms with Gasteiger partial charge in [-0.05, 0) is 38.1 Å². The molecule has 3 nitrogen and oxygen atoms in total. The molecule has 0 unspecified atom stereocenters. The number of carbonyl (C=O) groups excluding carboxylic acids is 1. The van der Waals surface area contributed by atoms with Crippen LogP contribution in [0.5, 0.6) is 0 Å². The third kappa shape index (κ3) is 2.16. The van der Waals surface area contributed by atoms with E-state index < -0.39 is 11.6 Å². The van der Waals surface area contributed by atoms with Crippen molar-refractivity contribution in [1.82, 2.24) is 9.78 Å². The molecule has 0 radical (unpaired) electrons. The van der Waals surface area contributed by atoms with Gasteiger partial charge in [-0.3, -0.25) is 9.48 Å². The minimum Gasteiger partial charge on any atom is -0.287 e. The Bertz CT molecular complexity index is 590. The highest BCUT2D eigenvalue weighted by atomic mass is 19.2. The van der Waals surface area contributed by atoms with Gasteiger partial charge in [0.05, 0.1) is 0 Å². The number of aromatic nitrogens is 2. The molecule has 0 amide bonds. The fraction of sp³-hybridized carbons (Fsp3) is 0.231. The van der Waals surface area contributed by atoms with Gasteiger partial charge >= 0.3 is 0 Å². The Kier molecular flexibility index (Phi) is 3.23. The minimum absolute atomic E-state index is 0.0178. The quantitative estimate of drug-likeness (QED) is 0.785. The van der Waals surface area contributed by atoms with E-state index >= 15 is 0 Å². The van der Waals surface area contributed by atoms with Crippen molar-refractivity contribution in [3.05, 3.63) is 53.4 Å².